The van der Waals surface area contributed by atoms with Crippen LogP contribution in [0.2, 0.25) is 0 Å². The van der Waals surface area contributed by atoms with E-state index >= 15 is 0 Å². The van der Waals surface area contributed by atoms with Gasteiger partial charge in [0.2, 0.25) is 10.0 Å². The van der Waals surface area contributed by atoms with E-state index in [2.05, 4.69) is 10.1 Å². The van der Waals surface area contributed by atoms with Crippen LogP contribution in [0.3, 0.4) is 0 Å². The number of carbonyl (C=O) groups is 1. The third-order valence-corrected chi connectivity index (χ3v) is 8.50. The highest BCUT2D eigenvalue weighted by molar-refractivity contribution is 7.89. The molecule has 178 valence electrons. The van der Waals surface area contributed by atoms with E-state index in [1.807, 2.05) is 0 Å². The van der Waals surface area contributed by atoms with Crippen LogP contribution in [0.25, 0.3) is 10.2 Å². The minimum absolute atomic E-state index is 0.123. The topological polar surface area (TPSA) is 88.4 Å². The molecule has 0 saturated heterocycles. The molecule has 2 aromatic carbocycles. The van der Waals surface area contributed by atoms with E-state index in [-0.39, 0.29) is 22.9 Å². The van der Waals surface area contributed by atoms with Crippen molar-refractivity contribution in [2.75, 3.05) is 24.5 Å². The summed E-state index contributed by atoms with van der Waals surface area (Å²) in [5.41, 5.74) is 0.513. The zero-order valence-corrected chi connectivity index (χ0v) is 20.4. The number of rotatable bonds is 9. The summed E-state index contributed by atoms with van der Waals surface area (Å²) in [6, 6.07) is 12.3. The van der Waals surface area contributed by atoms with Crippen molar-refractivity contribution < 1.29 is 17.6 Å². The molecule has 2 heterocycles. The lowest BCUT2D eigenvalue weighted by Crippen LogP contribution is -2.34. The van der Waals surface area contributed by atoms with Crippen molar-refractivity contribution in [1.82, 2.24) is 19.1 Å². The lowest BCUT2D eigenvalue weighted by molar-refractivity contribution is 0.0985. The van der Waals surface area contributed by atoms with Crippen LogP contribution in [0, 0.1) is 5.82 Å². The molecule has 8 nitrogen and oxygen atoms in total. The lowest BCUT2D eigenvalue weighted by Gasteiger charge is -2.21. The minimum atomic E-state index is -3.63. The third-order valence-electron chi connectivity index (χ3n) is 5.39. The molecule has 2 aromatic heterocycles. The van der Waals surface area contributed by atoms with Gasteiger partial charge in [-0.1, -0.05) is 31.3 Å². The summed E-state index contributed by atoms with van der Waals surface area (Å²) < 4.78 is 43.5. The quantitative estimate of drug-likeness (QED) is 0.346. The first-order chi connectivity index (χ1) is 16.3. The summed E-state index contributed by atoms with van der Waals surface area (Å²) in [6.07, 6.45) is 3.43. The maximum atomic E-state index is 14.2. The Hall–Kier alpha value is -3.15. The smallest absolute Gasteiger partial charge is 0.260 e. The number of sulfonamides is 1. The molecule has 0 aliphatic rings. The van der Waals surface area contributed by atoms with Crippen molar-refractivity contribution in [2.24, 2.45) is 0 Å². The van der Waals surface area contributed by atoms with Crippen LogP contribution in [0.15, 0.2) is 65.8 Å². The maximum absolute atomic E-state index is 14.2. The van der Waals surface area contributed by atoms with Gasteiger partial charge >= 0.3 is 0 Å². The number of anilines is 1. The van der Waals surface area contributed by atoms with Gasteiger partial charge in [0.1, 0.15) is 11.3 Å². The summed E-state index contributed by atoms with van der Waals surface area (Å²) in [7, 11) is -3.63. The lowest BCUT2D eigenvalue weighted by atomic mass is 10.2. The summed E-state index contributed by atoms with van der Waals surface area (Å²) in [6.45, 7) is 4.92. The number of hydrogen-bond acceptors (Lipinski definition) is 6. The maximum Gasteiger partial charge on any atom is 0.260 e. The van der Waals surface area contributed by atoms with Crippen LogP contribution in [0.1, 0.15) is 24.2 Å². The molecule has 1 amide bonds. The fraction of sp³-hybridized carbons (Fsp3) is 0.261. The third kappa shape index (κ3) is 4.72. The Balaban J connectivity index is 1.66. The van der Waals surface area contributed by atoms with E-state index in [9.17, 15) is 17.6 Å². The minimum Gasteiger partial charge on any atom is -0.282 e. The van der Waals surface area contributed by atoms with Gasteiger partial charge in [-0.15, -0.1) is 0 Å². The van der Waals surface area contributed by atoms with E-state index in [1.54, 1.807) is 49.1 Å². The van der Waals surface area contributed by atoms with E-state index in [4.69, 9.17) is 0 Å². The van der Waals surface area contributed by atoms with E-state index in [0.29, 0.717) is 35.0 Å². The molecule has 0 fully saturated rings. The highest BCUT2D eigenvalue weighted by Crippen LogP contribution is 2.31. The highest BCUT2D eigenvalue weighted by Gasteiger charge is 2.25. The second kappa shape index (κ2) is 10.00. The number of hydrogen-bond donors (Lipinski definition) is 0. The summed E-state index contributed by atoms with van der Waals surface area (Å²) in [5.74, 6) is -0.816. The number of halogens is 1. The molecular weight excluding hydrogens is 477 g/mol. The molecule has 0 aliphatic carbocycles. The molecule has 0 atom stereocenters. The van der Waals surface area contributed by atoms with Gasteiger partial charge in [-0.2, -0.15) is 9.40 Å². The van der Waals surface area contributed by atoms with E-state index < -0.39 is 15.8 Å². The predicted molar refractivity (Wildman–Crippen MR) is 130 cm³/mol. The standard InChI is InChI=1S/C23H24FN5O3S2/c1-3-28(4-2)34(31,32)18-11-9-17(10-12-18)22(30)29(16-15-27-14-6-13-25-27)23-26-21-19(24)7-5-8-20(21)33-23/h5-14H,3-4,15-16H2,1-2H3. The van der Waals surface area contributed by atoms with Gasteiger partial charge in [0.15, 0.2) is 5.13 Å². The van der Waals surface area contributed by atoms with Gasteiger partial charge < -0.3 is 0 Å². The number of benzene rings is 2. The molecule has 0 spiro atoms. The number of aromatic nitrogens is 3. The first-order valence-corrected chi connectivity index (χ1v) is 13.0. The Morgan fingerprint density at radius 2 is 1.82 bits per heavy atom. The first kappa shape index (κ1) is 24.0. The SMILES string of the molecule is CCN(CC)S(=O)(=O)c1ccc(C(=O)N(CCn2cccn2)c2nc3c(F)cccc3s2)cc1. The number of thiazole rings is 1. The molecule has 4 aromatic rings. The molecule has 11 heteroatoms. The van der Waals surface area contributed by atoms with E-state index in [0.717, 1.165) is 0 Å². The summed E-state index contributed by atoms with van der Waals surface area (Å²) in [4.78, 5) is 19.5. The summed E-state index contributed by atoms with van der Waals surface area (Å²) in [5, 5.41) is 4.53. The molecule has 0 saturated carbocycles. The van der Waals surface area contributed by atoms with Crippen LogP contribution >= 0.6 is 11.3 Å². The number of para-hydroxylation sites is 1. The highest BCUT2D eigenvalue weighted by atomic mass is 32.2. The van der Waals surface area contributed by atoms with Gasteiger partial charge in [0.05, 0.1) is 16.1 Å². The van der Waals surface area contributed by atoms with Crippen LogP contribution in [-0.2, 0) is 16.6 Å². The second-order valence-electron chi connectivity index (χ2n) is 7.42. The van der Waals surface area contributed by atoms with Crippen LogP contribution < -0.4 is 4.90 Å². The van der Waals surface area contributed by atoms with Gasteiger partial charge in [0, 0.05) is 37.6 Å². The number of fused-ring (bicyclic) bond motifs is 1. The molecule has 0 unspecified atom stereocenters. The van der Waals surface area contributed by atoms with Gasteiger partial charge in [-0.05, 0) is 42.5 Å². The normalized spacial score (nSPS) is 11.9. The largest absolute Gasteiger partial charge is 0.282 e. The Bertz CT molecular complexity index is 1380. The molecule has 34 heavy (non-hydrogen) atoms. The van der Waals surface area contributed by atoms with Gasteiger partial charge in [-0.3, -0.25) is 14.4 Å². The fourth-order valence-corrected chi connectivity index (χ4v) is 6.04. The molecular formula is C23H24FN5O3S2. The van der Waals surface area contributed by atoms with Crippen LogP contribution in [0.4, 0.5) is 9.52 Å². The van der Waals surface area contributed by atoms with Crippen LogP contribution in [-0.4, -0.2) is 53.0 Å². The first-order valence-electron chi connectivity index (χ1n) is 10.8. The van der Waals surface area contributed by atoms with Crippen molar-refractivity contribution in [2.45, 2.75) is 25.3 Å². The average Bonchev–Trinajstić information content (AvgIpc) is 3.51. The van der Waals surface area contributed by atoms with Crippen molar-refractivity contribution >= 4 is 42.6 Å². The van der Waals surface area contributed by atoms with Crippen LogP contribution in [0.5, 0.6) is 0 Å². The zero-order chi connectivity index (χ0) is 24.3. The Labute approximate surface area is 201 Å². The molecule has 0 aliphatic heterocycles. The average molecular weight is 502 g/mol. The Kier molecular flexibility index (Phi) is 7.05. The van der Waals surface area contributed by atoms with Crippen molar-refractivity contribution in [3.8, 4) is 0 Å². The van der Waals surface area contributed by atoms with Gasteiger partial charge in [0.25, 0.3) is 5.91 Å². The van der Waals surface area contributed by atoms with E-state index in [1.165, 1.54) is 50.9 Å². The zero-order valence-electron chi connectivity index (χ0n) is 18.8. The monoisotopic (exact) mass is 501 g/mol. The number of nitrogens with zero attached hydrogens (tertiary/aromatic N) is 5. The number of amides is 1. The molecule has 0 bridgehead atoms. The molecule has 0 radical (unpaired) electrons. The number of carbonyl (C=O) groups excluding carboxylic acids is 1. The second-order valence-corrected chi connectivity index (χ2v) is 10.4. The fourth-order valence-electron chi connectivity index (χ4n) is 3.58. The molecule has 4 rings (SSSR count). The summed E-state index contributed by atoms with van der Waals surface area (Å²) >= 11 is 1.22. The van der Waals surface area contributed by atoms with Crippen molar-refractivity contribution in [3.05, 3.63) is 72.3 Å². The van der Waals surface area contributed by atoms with Gasteiger partial charge in [-0.25, -0.2) is 17.8 Å². The predicted octanol–water partition coefficient (Wildman–Crippen LogP) is 4.01. The van der Waals surface area contributed by atoms with Crippen molar-refractivity contribution in [1.29, 1.82) is 0 Å². The Morgan fingerprint density at radius 3 is 2.44 bits per heavy atom. The molecule has 0 N–H and O–H groups in total. The van der Waals surface area contributed by atoms with Crippen molar-refractivity contribution in [3.63, 3.8) is 0 Å². The Morgan fingerprint density at radius 1 is 1.09 bits per heavy atom.